The van der Waals surface area contributed by atoms with Gasteiger partial charge >= 0.3 is 6.03 Å². The summed E-state index contributed by atoms with van der Waals surface area (Å²) in [5.41, 5.74) is 4.74. The van der Waals surface area contributed by atoms with Gasteiger partial charge in [-0.1, -0.05) is 48.4 Å². The van der Waals surface area contributed by atoms with E-state index in [4.69, 9.17) is 21.1 Å². The van der Waals surface area contributed by atoms with Crippen LogP contribution in [0.4, 0.5) is 16.2 Å². The van der Waals surface area contributed by atoms with Crippen molar-refractivity contribution < 1.29 is 14.3 Å². The number of carbonyl (C=O) groups excluding carboxylic acids is 1. The molecule has 0 spiro atoms. The van der Waals surface area contributed by atoms with E-state index in [2.05, 4.69) is 6.92 Å². The maximum absolute atomic E-state index is 13.9. The molecule has 0 fully saturated rings. The Kier molecular flexibility index (Phi) is 7.03. The minimum absolute atomic E-state index is 0.0293. The van der Waals surface area contributed by atoms with Crippen LogP contribution in [0.3, 0.4) is 0 Å². The fraction of sp³-hybridized carbons (Fsp3) is 0.321. The van der Waals surface area contributed by atoms with Crippen LogP contribution in [0.1, 0.15) is 49.9 Å². The topological polar surface area (TPSA) is 42.0 Å². The standard InChI is InChI=1S/C28H31ClN2O3/c1-6-19(4)34-26-16-23-24(17-25(26)33-5)30(7-2)28(32)31(22-14-8-18(3)9-15-22)27(23)20-10-12-21(29)13-11-20/h8-17,19,27H,6-7H2,1-5H3/t19-,27?/m1/s1. The van der Waals surface area contributed by atoms with Gasteiger partial charge in [0, 0.05) is 28.9 Å². The first-order chi connectivity index (χ1) is 16.4. The van der Waals surface area contributed by atoms with Gasteiger partial charge in [0.1, 0.15) is 0 Å². The number of urea groups is 1. The van der Waals surface area contributed by atoms with Crippen molar-refractivity contribution in [3.8, 4) is 11.5 Å². The Morgan fingerprint density at radius 2 is 1.68 bits per heavy atom. The van der Waals surface area contributed by atoms with Crippen molar-refractivity contribution in [1.29, 1.82) is 0 Å². The Balaban J connectivity index is 1.97. The van der Waals surface area contributed by atoms with Gasteiger partial charge < -0.3 is 9.47 Å². The van der Waals surface area contributed by atoms with Crippen LogP contribution < -0.4 is 19.3 Å². The van der Waals surface area contributed by atoms with Crippen molar-refractivity contribution in [1.82, 2.24) is 0 Å². The van der Waals surface area contributed by atoms with Gasteiger partial charge in [-0.05, 0) is 63.1 Å². The second-order valence-electron chi connectivity index (χ2n) is 8.59. The Morgan fingerprint density at radius 1 is 1.00 bits per heavy atom. The van der Waals surface area contributed by atoms with Gasteiger partial charge in [0.2, 0.25) is 0 Å². The molecule has 0 aliphatic carbocycles. The number of aryl methyl sites for hydroxylation is 1. The van der Waals surface area contributed by atoms with Crippen molar-refractivity contribution in [3.63, 3.8) is 0 Å². The maximum Gasteiger partial charge on any atom is 0.329 e. The number of hydrogen-bond acceptors (Lipinski definition) is 3. The third-order valence-electron chi connectivity index (χ3n) is 6.31. The highest BCUT2D eigenvalue weighted by Crippen LogP contribution is 2.47. The molecule has 34 heavy (non-hydrogen) atoms. The molecule has 0 N–H and O–H groups in total. The zero-order chi connectivity index (χ0) is 24.4. The lowest BCUT2D eigenvalue weighted by molar-refractivity contribution is 0.207. The van der Waals surface area contributed by atoms with E-state index < -0.39 is 0 Å². The summed E-state index contributed by atoms with van der Waals surface area (Å²) in [6, 6.07) is 19.2. The number of nitrogens with zero attached hydrogens (tertiary/aromatic N) is 2. The van der Waals surface area contributed by atoms with Gasteiger partial charge in [-0.15, -0.1) is 0 Å². The lowest BCUT2D eigenvalue weighted by Crippen LogP contribution is -2.50. The largest absolute Gasteiger partial charge is 0.493 e. The van der Waals surface area contributed by atoms with Crippen molar-refractivity contribution in [2.75, 3.05) is 23.5 Å². The quantitative estimate of drug-likeness (QED) is 0.355. The van der Waals surface area contributed by atoms with Gasteiger partial charge in [-0.3, -0.25) is 9.80 Å². The molecule has 0 bridgehead atoms. The molecule has 0 saturated carbocycles. The first-order valence-electron chi connectivity index (χ1n) is 11.7. The van der Waals surface area contributed by atoms with Crippen LogP contribution in [-0.4, -0.2) is 25.8 Å². The van der Waals surface area contributed by atoms with E-state index in [1.54, 1.807) is 12.0 Å². The SMILES string of the molecule is CC[C@@H](C)Oc1cc2c(cc1OC)N(CC)C(=O)N(c1ccc(C)cc1)C2c1ccc(Cl)cc1. The van der Waals surface area contributed by atoms with Crippen molar-refractivity contribution in [2.24, 2.45) is 0 Å². The van der Waals surface area contributed by atoms with E-state index in [1.165, 1.54) is 0 Å². The highest BCUT2D eigenvalue weighted by atomic mass is 35.5. The fourth-order valence-electron chi connectivity index (χ4n) is 4.30. The van der Waals surface area contributed by atoms with Crippen LogP contribution in [0.25, 0.3) is 0 Å². The fourth-order valence-corrected chi connectivity index (χ4v) is 4.42. The van der Waals surface area contributed by atoms with E-state index >= 15 is 0 Å². The summed E-state index contributed by atoms with van der Waals surface area (Å²) in [6.07, 6.45) is 0.900. The molecule has 5 nitrogen and oxygen atoms in total. The number of fused-ring (bicyclic) bond motifs is 1. The molecule has 1 unspecified atom stereocenters. The number of halogens is 1. The summed E-state index contributed by atoms with van der Waals surface area (Å²) < 4.78 is 11.9. The van der Waals surface area contributed by atoms with Crippen LogP contribution >= 0.6 is 11.6 Å². The Morgan fingerprint density at radius 3 is 2.26 bits per heavy atom. The van der Waals surface area contributed by atoms with E-state index in [-0.39, 0.29) is 18.2 Å². The molecule has 1 aliphatic heterocycles. The molecule has 1 heterocycles. The minimum atomic E-state index is -0.351. The van der Waals surface area contributed by atoms with Crippen molar-refractivity contribution in [2.45, 2.75) is 46.3 Å². The molecule has 6 heteroatoms. The summed E-state index contributed by atoms with van der Waals surface area (Å²) in [7, 11) is 1.63. The number of benzene rings is 3. The average Bonchev–Trinajstić information content (AvgIpc) is 2.84. The summed E-state index contributed by atoms with van der Waals surface area (Å²) in [5.74, 6) is 1.28. The third kappa shape index (κ3) is 4.45. The van der Waals surface area contributed by atoms with Crippen LogP contribution in [0.5, 0.6) is 11.5 Å². The molecule has 0 saturated heterocycles. The molecule has 2 atom stereocenters. The Bertz CT molecular complexity index is 1160. The normalized spacial score (nSPS) is 16.3. The van der Waals surface area contributed by atoms with E-state index in [9.17, 15) is 4.79 Å². The number of ether oxygens (including phenoxy) is 2. The summed E-state index contributed by atoms with van der Waals surface area (Å²) in [4.78, 5) is 17.6. The monoisotopic (exact) mass is 478 g/mol. The van der Waals surface area contributed by atoms with Gasteiger partial charge in [-0.2, -0.15) is 0 Å². The third-order valence-corrected chi connectivity index (χ3v) is 6.56. The van der Waals surface area contributed by atoms with Crippen LogP contribution in [0, 0.1) is 6.92 Å². The number of amides is 2. The highest BCUT2D eigenvalue weighted by molar-refractivity contribution is 6.30. The zero-order valence-electron chi connectivity index (χ0n) is 20.3. The van der Waals surface area contributed by atoms with E-state index in [1.807, 2.05) is 86.3 Å². The molecule has 1 aliphatic rings. The van der Waals surface area contributed by atoms with Crippen molar-refractivity contribution >= 4 is 29.0 Å². The minimum Gasteiger partial charge on any atom is -0.493 e. The molecule has 3 aromatic carbocycles. The smallest absolute Gasteiger partial charge is 0.329 e. The lowest BCUT2D eigenvalue weighted by atomic mass is 9.92. The molecule has 3 aromatic rings. The van der Waals surface area contributed by atoms with Crippen molar-refractivity contribution in [3.05, 3.63) is 82.4 Å². The first kappa shape index (κ1) is 24.0. The zero-order valence-corrected chi connectivity index (χ0v) is 21.1. The number of methoxy groups -OCH3 is 1. The molecular weight excluding hydrogens is 448 g/mol. The molecule has 0 aromatic heterocycles. The Labute approximate surface area is 206 Å². The average molecular weight is 479 g/mol. The van der Waals surface area contributed by atoms with Crippen LogP contribution in [0.15, 0.2) is 60.7 Å². The number of carbonyl (C=O) groups is 1. The van der Waals surface area contributed by atoms with Crippen LogP contribution in [-0.2, 0) is 0 Å². The highest BCUT2D eigenvalue weighted by Gasteiger charge is 2.40. The summed E-state index contributed by atoms with van der Waals surface area (Å²) >= 11 is 6.21. The Hall–Kier alpha value is -3.18. The molecule has 0 radical (unpaired) electrons. The molecular formula is C28H31ClN2O3. The second kappa shape index (κ2) is 9.98. The predicted molar refractivity (Wildman–Crippen MR) is 139 cm³/mol. The number of rotatable bonds is 7. The van der Waals surface area contributed by atoms with E-state index in [0.717, 1.165) is 34.5 Å². The number of anilines is 2. The molecule has 178 valence electrons. The second-order valence-corrected chi connectivity index (χ2v) is 9.02. The van der Waals surface area contributed by atoms with Crippen LogP contribution in [0.2, 0.25) is 5.02 Å². The maximum atomic E-state index is 13.9. The lowest BCUT2D eigenvalue weighted by Gasteiger charge is -2.43. The van der Waals surface area contributed by atoms with Gasteiger partial charge in [-0.25, -0.2) is 4.79 Å². The van der Waals surface area contributed by atoms with Gasteiger partial charge in [0.05, 0.1) is 24.9 Å². The molecule has 2 amide bonds. The molecule has 4 rings (SSSR count). The predicted octanol–water partition coefficient (Wildman–Crippen LogP) is 7.39. The summed E-state index contributed by atoms with van der Waals surface area (Å²) in [5, 5.41) is 0.652. The van der Waals surface area contributed by atoms with Gasteiger partial charge in [0.25, 0.3) is 0 Å². The van der Waals surface area contributed by atoms with Gasteiger partial charge in [0.15, 0.2) is 11.5 Å². The number of hydrogen-bond donors (Lipinski definition) is 0. The first-order valence-corrected chi connectivity index (χ1v) is 12.1. The van der Waals surface area contributed by atoms with E-state index in [0.29, 0.717) is 23.1 Å². The summed E-state index contributed by atoms with van der Waals surface area (Å²) in [6.45, 7) is 8.67.